The number of benzene rings is 3. The zero-order chi connectivity index (χ0) is 22.0. The number of carboxylic acid groups (broad SMARTS) is 1. The van der Waals surface area contributed by atoms with Gasteiger partial charge in [0.2, 0.25) is 0 Å². The first-order valence-corrected chi connectivity index (χ1v) is 10.3. The van der Waals surface area contributed by atoms with E-state index in [1.54, 1.807) is 24.3 Å². The van der Waals surface area contributed by atoms with Gasteiger partial charge in [-0.25, -0.2) is 4.79 Å². The number of hydrogen-bond donors (Lipinski definition) is 1. The minimum Gasteiger partial charge on any atom is -0.478 e. The largest absolute Gasteiger partial charge is 0.478 e. The van der Waals surface area contributed by atoms with Crippen LogP contribution in [0.1, 0.15) is 63.2 Å². The molecule has 0 aliphatic heterocycles. The van der Waals surface area contributed by atoms with Crippen molar-refractivity contribution in [3.8, 4) is 0 Å². The van der Waals surface area contributed by atoms with E-state index in [1.807, 2.05) is 30.3 Å². The predicted octanol–water partition coefficient (Wildman–Crippen LogP) is 6.39. The molecule has 0 atom stereocenters. The van der Waals surface area contributed by atoms with Crippen LogP contribution in [0.25, 0.3) is 11.6 Å². The Hall–Kier alpha value is -3.72. The molecule has 3 aromatic rings. The van der Waals surface area contributed by atoms with Crippen molar-refractivity contribution in [1.29, 1.82) is 0 Å². The molecule has 1 N–H and O–H groups in total. The summed E-state index contributed by atoms with van der Waals surface area (Å²) in [5.74, 6) is -1.04. The molecule has 31 heavy (non-hydrogen) atoms. The lowest BCUT2D eigenvalue weighted by Crippen LogP contribution is -2.22. The van der Waals surface area contributed by atoms with Crippen molar-refractivity contribution < 1.29 is 14.7 Å². The molecule has 1 aliphatic carbocycles. The first-order chi connectivity index (χ1) is 14.8. The van der Waals surface area contributed by atoms with E-state index in [0.717, 1.165) is 12.0 Å². The third kappa shape index (κ3) is 4.26. The number of allylic oxidation sites excluding steroid dienone is 2. The number of hydrogen-bond acceptors (Lipinski definition) is 2. The van der Waals surface area contributed by atoms with Crippen LogP contribution >= 0.6 is 0 Å². The zero-order valence-electron chi connectivity index (χ0n) is 17.6. The molecule has 0 heterocycles. The second-order valence-corrected chi connectivity index (χ2v) is 8.46. The molecule has 0 saturated carbocycles. The van der Waals surface area contributed by atoms with Crippen LogP contribution in [0.4, 0.5) is 0 Å². The quantitative estimate of drug-likeness (QED) is 0.393. The number of carbonyl (C=O) groups excluding carboxylic acids is 1. The Morgan fingerprint density at radius 1 is 0.903 bits per heavy atom. The number of fused-ring (bicyclic) bond motifs is 1. The highest BCUT2D eigenvalue weighted by molar-refractivity contribution is 6.07. The van der Waals surface area contributed by atoms with E-state index in [0.29, 0.717) is 5.56 Å². The van der Waals surface area contributed by atoms with Crippen molar-refractivity contribution in [2.24, 2.45) is 0 Å². The minimum atomic E-state index is -0.966. The van der Waals surface area contributed by atoms with Crippen molar-refractivity contribution in [2.75, 3.05) is 0 Å². The van der Waals surface area contributed by atoms with Gasteiger partial charge in [-0.2, -0.15) is 0 Å². The van der Waals surface area contributed by atoms with Gasteiger partial charge in [0.25, 0.3) is 0 Å². The average molecular weight is 408 g/mol. The van der Waals surface area contributed by atoms with Crippen LogP contribution in [0.2, 0.25) is 0 Å². The monoisotopic (exact) mass is 408 g/mol. The smallest absolute Gasteiger partial charge is 0.335 e. The van der Waals surface area contributed by atoms with Gasteiger partial charge in [0.05, 0.1) is 5.56 Å². The molecule has 0 spiro atoms. The molecule has 0 saturated heterocycles. The van der Waals surface area contributed by atoms with Crippen molar-refractivity contribution in [1.82, 2.24) is 0 Å². The van der Waals surface area contributed by atoms with E-state index in [9.17, 15) is 9.59 Å². The highest BCUT2D eigenvalue weighted by Crippen LogP contribution is 2.41. The van der Waals surface area contributed by atoms with E-state index in [1.165, 1.54) is 34.4 Å². The predicted molar refractivity (Wildman–Crippen MR) is 124 cm³/mol. The second-order valence-electron chi connectivity index (χ2n) is 8.46. The molecule has 0 fully saturated rings. The fraction of sp³-hybridized carbons (Fsp3) is 0.143. The molecular formula is C28H24O3. The summed E-state index contributed by atoms with van der Waals surface area (Å²) in [7, 11) is 0. The Kier molecular flexibility index (Phi) is 5.43. The normalized spacial score (nSPS) is 14.7. The van der Waals surface area contributed by atoms with Gasteiger partial charge in [-0.05, 0) is 63.9 Å². The molecule has 0 aromatic heterocycles. The Bertz CT molecular complexity index is 1200. The second kappa shape index (κ2) is 8.19. The van der Waals surface area contributed by atoms with Crippen molar-refractivity contribution in [3.63, 3.8) is 0 Å². The third-order valence-corrected chi connectivity index (χ3v) is 5.81. The number of carbonyl (C=O) groups is 2. The van der Waals surface area contributed by atoms with Gasteiger partial charge in [-0.15, -0.1) is 0 Å². The van der Waals surface area contributed by atoms with Crippen molar-refractivity contribution in [2.45, 2.75) is 25.7 Å². The van der Waals surface area contributed by atoms with Crippen molar-refractivity contribution >= 4 is 23.4 Å². The van der Waals surface area contributed by atoms with E-state index in [-0.39, 0.29) is 16.8 Å². The van der Waals surface area contributed by atoms with Gasteiger partial charge in [-0.1, -0.05) is 80.6 Å². The zero-order valence-corrected chi connectivity index (χ0v) is 17.6. The first-order valence-electron chi connectivity index (χ1n) is 10.3. The Morgan fingerprint density at radius 3 is 2.26 bits per heavy atom. The molecule has 3 nitrogen and oxygen atoms in total. The summed E-state index contributed by atoms with van der Waals surface area (Å²) in [6.45, 7) is 4.41. The lowest BCUT2D eigenvalue weighted by atomic mass is 9.71. The number of aromatic carboxylic acids is 1. The fourth-order valence-electron chi connectivity index (χ4n) is 3.97. The molecule has 0 amide bonds. The van der Waals surface area contributed by atoms with Crippen LogP contribution in [-0.2, 0) is 5.41 Å². The van der Waals surface area contributed by atoms with Gasteiger partial charge in [-0.3, -0.25) is 4.79 Å². The van der Waals surface area contributed by atoms with Crippen LogP contribution in [0, 0.1) is 0 Å². The average Bonchev–Trinajstić information content (AvgIpc) is 2.78. The van der Waals surface area contributed by atoms with Gasteiger partial charge >= 0.3 is 5.97 Å². The summed E-state index contributed by atoms with van der Waals surface area (Å²) in [5.41, 5.74) is 6.35. The summed E-state index contributed by atoms with van der Waals surface area (Å²) in [4.78, 5) is 23.8. The molecule has 0 unspecified atom stereocenters. The minimum absolute atomic E-state index is 0.0553. The number of carboxylic acids is 1. The number of ketones is 1. The van der Waals surface area contributed by atoms with Crippen LogP contribution in [-0.4, -0.2) is 16.9 Å². The van der Waals surface area contributed by atoms with Gasteiger partial charge in [0.1, 0.15) is 0 Å². The standard InChI is InChI=1S/C28H24O3/c1-28(2)17-16-23(20-6-4-3-5-7-20)24-14-13-22(18-25(24)28)26(29)15-10-19-8-11-21(12-9-19)27(30)31/h3-16,18H,17H2,1-2H3,(H,30,31)/b15-10+. The fourth-order valence-corrected chi connectivity index (χ4v) is 3.97. The highest BCUT2D eigenvalue weighted by Gasteiger charge is 2.29. The summed E-state index contributed by atoms with van der Waals surface area (Å²) < 4.78 is 0. The molecule has 1 aliphatic rings. The Balaban J connectivity index is 1.63. The maximum atomic E-state index is 12.8. The van der Waals surface area contributed by atoms with Crippen LogP contribution in [0.15, 0.2) is 84.9 Å². The first kappa shape index (κ1) is 20.5. The SMILES string of the molecule is CC1(C)CC=C(c2ccccc2)c2ccc(C(=O)/C=C/c3ccc(C(=O)O)cc3)cc21. The maximum Gasteiger partial charge on any atom is 0.335 e. The van der Waals surface area contributed by atoms with Crippen LogP contribution in [0.3, 0.4) is 0 Å². The lowest BCUT2D eigenvalue weighted by Gasteiger charge is -2.32. The van der Waals surface area contributed by atoms with Gasteiger partial charge in [0, 0.05) is 5.56 Å². The topological polar surface area (TPSA) is 54.4 Å². The van der Waals surface area contributed by atoms with Gasteiger partial charge < -0.3 is 5.11 Å². The highest BCUT2D eigenvalue weighted by atomic mass is 16.4. The molecular weight excluding hydrogens is 384 g/mol. The third-order valence-electron chi connectivity index (χ3n) is 5.81. The van der Waals surface area contributed by atoms with Crippen LogP contribution < -0.4 is 0 Å². The molecule has 3 heteroatoms. The number of rotatable bonds is 5. The molecule has 0 radical (unpaired) electrons. The molecule has 154 valence electrons. The van der Waals surface area contributed by atoms with Gasteiger partial charge in [0.15, 0.2) is 5.78 Å². The molecule has 4 rings (SSSR count). The summed E-state index contributed by atoms with van der Waals surface area (Å²) >= 11 is 0. The van der Waals surface area contributed by atoms with E-state index < -0.39 is 5.97 Å². The summed E-state index contributed by atoms with van der Waals surface area (Å²) in [6.07, 6.45) is 6.46. The van der Waals surface area contributed by atoms with E-state index in [4.69, 9.17) is 5.11 Å². The maximum absolute atomic E-state index is 12.8. The van der Waals surface area contributed by atoms with E-state index >= 15 is 0 Å². The Labute approximate surface area is 182 Å². The lowest BCUT2D eigenvalue weighted by molar-refractivity contribution is 0.0696. The van der Waals surface area contributed by atoms with Crippen LogP contribution in [0.5, 0.6) is 0 Å². The van der Waals surface area contributed by atoms with E-state index in [2.05, 4.69) is 38.1 Å². The van der Waals surface area contributed by atoms with Crippen molar-refractivity contribution in [3.05, 3.63) is 118 Å². The molecule has 0 bridgehead atoms. The Morgan fingerprint density at radius 2 is 1.58 bits per heavy atom. The molecule has 3 aromatic carbocycles. The summed E-state index contributed by atoms with van der Waals surface area (Å²) in [5, 5.41) is 9.00. The summed E-state index contributed by atoms with van der Waals surface area (Å²) in [6, 6.07) is 22.7.